The molecule has 0 aromatic rings. The largest absolute Gasteiger partial charge is 0.411 e. The molecule has 0 saturated heterocycles. The van der Waals surface area contributed by atoms with Crippen LogP contribution in [0, 0.1) is 0 Å². The number of hydrogen-bond donors (Lipinski definition) is 1. The second-order valence-corrected chi connectivity index (χ2v) is 1.92. The van der Waals surface area contributed by atoms with Crippen molar-refractivity contribution in [1.82, 2.24) is 0 Å². The van der Waals surface area contributed by atoms with E-state index in [4.69, 9.17) is 5.21 Å². The van der Waals surface area contributed by atoms with Gasteiger partial charge in [0, 0.05) is 7.05 Å². The van der Waals surface area contributed by atoms with Crippen LogP contribution < -0.4 is 0 Å². The highest BCUT2D eigenvalue weighted by molar-refractivity contribution is 6.42. The molecule has 0 fully saturated rings. The van der Waals surface area contributed by atoms with Gasteiger partial charge in [-0.05, 0) is 12.8 Å². The van der Waals surface area contributed by atoms with E-state index in [-0.39, 0.29) is 0 Å². The maximum Gasteiger partial charge on any atom is 0.100 e. The van der Waals surface area contributed by atoms with Crippen LogP contribution in [0.2, 0.25) is 0 Å². The maximum absolute atomic E-state index is 8.47. The van der Waals surface area contributed by atoms with Gasteiger partial charge in [-0.25, -0.2) is 0 Å². The molecular weight excluding hydrogens is 128 g/mol. The molecule has 10 heavy (non-hydrogen) atoms. The molecular formula is C7H14N2O. The van der Waals surface area contributed by atoms with Gasteiger partial charge in [0.1, 0.15) is 5.71 Å². The minimum atomic E-state index is 0.685. The summed E-state index contributed by atoms with van der Waals surface area (Å²) in [5.41, 5.74) is 1.56. The van der Waals surface area contributed by atoms with Crippen molar-refractivity contribution in [2.24, 2.45) is 10.1 Å². The molecule has 0 aromatic heterocycles. The van der Waals surface area contributed by atoms with Crippen molar-refractivity contribution in [3.8, 4) is 0 Å². The number of nitrogens with zero attached hydrogens (tertiary/aromatic N) is 2. The Morgan fingerprint density at radius 2 is 1.70 bits per heavy atom. The zero-order valence-electron chi connectivity index (χ0n) is 6.76. The Morgan fingerprint density at radius 3 is 1.80 bits per heavy atom. The molecule has 0 heterocycles. The lowest BCUT2D eigenvalue weighted by Crippen LogP contribution is -2.11. The molecule has 0 aliphatic rings. The normalized spacial score (nSPS) is 13.9. The van der Waals surface area contributed by atoms with Gasteiger partial charge in [-0.3, -0.25) is 4.99 Å². The Bertz CT molecular complexity index is 132. The van der Waals surface area contributed by atoms with Crippen LogP contribution in [0.4, 0.5) is 0 Å². The zero-order chi connectivity index (χ0) is 7.98. The van der Waals surface area contributed by atoms with Gasteiger partial charge < -0.3 is 5.21 Å². The first kappa shape index (κ1) is 9.14. The van der Waals surface area contributed by atoms with E-state index in [9.17, 15) is 0 Å². The number of rotatable bonds is 3. The predicted molar refractivity (Wildman–Crippen MR) is 43.2 cm³/mol. The standard InChI is InChI=1S/C7H14N2O/c1-4-6(8-3)7(5-2)9-10/h10H,4-5H2,1-3H3/b8-6?,9-7+. The fourth-order valence-corrected chi connectivity index (χ4v) is 0.824. The maximum atomic E-state index is 8.47. The molecule has 0 saturated carbocycles. The van der Waals surface area contributed by atoms with Crippen LogP contribution in [-0.2, 0) is 0 Å². The van der Waals surface area contributed by atoms with Crippen molar-refractivity contribution in [1.29, 1.82) is 0 Å². The van der Waals surface area contributed by atoms with Crippen LogP contribution in [0.1, 0.15) is 26.7 Å². The van der Waals surface area contributed by atoms with E-state index >= 15 is 0 Å². The molecule has 0 spiro atoms. The second kappa shape index (κ2) is 4.97. The van der Waals surface area contributed by atoms with E-state index in [0.29, 0.717) is 5.71 Å². The predicted octanol–water partition coefficient (Wildman–Crippen LogP) is 1.71. The first-order chi connectivity index (χ1) is 4.79. The summed E-state index contributed by atoms with van der Waals surface area (Å²) in [6, 6.07) is 0. The van der Waals surface area contributed by atoms with Gasteiger partial charge >= 0.3 is 0 Å². The van der Waals surface area contributed by atoms with E-state index in [1.54, 1.807) is 7.05 Å². The molecule has 3 heteroatoms. The monoisotopic (exact) mass is 142 g/mol. The molecule has 0 rings (SSSR count). The summed E-state index contributed by atoms with van der Waals surface area (Å²) < 4.78 is 0. The van der Waals surface area contributed by atoms with Crippen molar-refractivity contribution in [2.75, 3.05) is 7.05 Å². The van der Waals surface area contributed by atoms with Crippen LogP contribution in [0.15, 0.2) is 10.1 Å². The summed E-state index contributed by atoms with van der Waals surface area (Å²) in [5.74, 6) is 0. The highest BCUT2D eigenvalue weighted by Gasteiger charge is 2.02. The van der Waals surface area contributed by atoms with Gasteiger partial charge in [0.2, 0.25) is 0 Å². The Hall–Kier alpha value is -0.860. The average Bonchev–Trinajstić information content (AvgIpc) is 2.00. The van der Waals surface area contributed by atoms with Gasteiger partial charge in [-0.1, -0.05) is 19.0 Å². The van der Waals surface area contributed by atoms with Gasteiger partial charge in [0.25, 0.3) is 0 Å². The summed E-state index contributed by atoms with van der Waals surface area (Å²) >= 11 is 0. The molecule has 0 aromatic carbocycles. The third-order valence-corrected chi connectivity index (χ3v) is 1.39. The van der Waals surface area contributed by atoms with Gasteiger partial charge in [0.05, 0.1) is 5.71 Å². The lowest BCUT2D eigenvalue weighted by Gasteiger charge is -2.00. The highest BCUT2D eigenvalue weighted by Crippen LogP contribution is 1.93. The molecule has 0 unspecified atom stereocenters. The molecule has 0 radical (unpaired) electrons. The zero-order valence-corrected chi connectivity index (χ0v) is 6.76. The SMILES string of the molecule is CCC(=NC)/C(CC)=N/O. The third-order valence-electron chi connectivity index (χ3n) is 1.39. The molecule has 3 nitrogen and oxygen atoms in total. The molecule has 0 aliphatic heterocycles. The second-order valence-electron chi connectivity index (χ2n) is 1.92. The summed E-state index contributed by atoms with van der Waals surface area (Å²) in [4.78, 5) is 3.97. The van der Waals surface area contributed by atoms with Crippen LogP contribution in [0.5, 0.6) is 0 Å². The molecule has 0 amide bonds. The van der Waals surface area contributed by atoms with E-state index in [2.05, 4.69) is 10.1 Å². The minimum absolute atomic E-state index is 0.685. The highest BCUT2D eigenvalue weighted by atomic mass is 16.4. The topological polar surface area (TPSA) is 45.0 Å². The molecule has 58 valence electrons. The number of aliphatic imine (C=N–C) groups is 1. The van der Waals surface area contributed by atoms with Gasteiger partial charge in [-0.15, -0.1) is 0 Å². The van der Waals surface area contributed by atoms with E-state index in [1.165, 1.54) is 0 Å². The Morgan fingerprint density at radius 1 is 1.20 bits per heavy atom. The smallest absolute Gasteiger partial charge is 0.100 e. The summed E-state index contributed by atoms with van der Waals surface area (Å²) in [6.45, 7) is 3.93. The van der Waals surface area contributed by atoms with Crippen molar-refractivity contribution in [3.05, 3.63) is 0 Å². The fraction of sp³-hybridized carbons (Fsp3) is 0.714. The molecule has 0 aliphatic carbocycles. The van der Waals surface area contributed by atoms with E-state index < -0.39 is 0 Å². The van der Waals surface area contributed by atoms with Crippen molar-refractivity contribution >= 4 is 11.4 Å². The Balaban J connectivity index is 4.27. The molecule has 0 atom stereocenters. The summed E-state index contributed by atoms with van der Waals surface area (Å²) in [7, 11) is 1.71. The van der Waals surface area contributed by atoms with Crippen LogP contribution in [0.3, 0.4) is 0 Å². The average molecular weight is 142 g/mol. The quantitative estimate of drug-likeness (QED) is 0.364. The van der Waals surface area contributed by atoms with Crippen LogP contribution in [-0.4, -0.2) is 23.7 Å². The minimum Gasteiger partial charge on any atom is -0.411 e. The fourth-order valence-electron chi connectivity index (χ4n) is 0.824. The van der Waals surface area contributed by atoms with Crippen molar-refractivity contribution in [2.45, 2.75) is 26.7 Å². The van der Waals surface area contributed by atoms with Crippen LogP contribution in [0.25, 0.3) is 0 Å². The molecule has 1 N–H and O–H groups in total. The Kier molecular flexibility index (Phi) is 4.54. The van der Waals surface area contributed by atoms with Crippen molar-refractivity contribution < 1.29 is 5.21 Å². The van der Waals surface area contributed by atoms with E-state index in [0.717, 1.165) is 18.6 Å². The van der Waals surface area contributed by atoms with E-state index in [1.807, 2.05) is 13.8 Å². The molecule has 0 bridgehead atoms. The summed E-state index contributed by atoms with van der Waals surface area (Å²) in [6.07, 6.45) is 1.56. The van der Waals surface area contributed by atoms with Gasteiger partial charge in [0.15, 0.2) is 0 Å². The summed E-state index contributed by atoms with van der Waals surface area (Å²) in [5, 5.41) is 11.6. The number of hydrogen-bond acceptors (Lipinski definition) is 3. The van der Waals surface area contributed by atoms with Crippen LogP contribution >= 0.6 is 0 Å². The number of oxime groups is 1. The third kappa shape index (κ3) is 2.17. The Labute approximate surface area is 61.5 Å². The first-order valence-electron chi connectivity index (χ1n) is 3.47. The lowest BCUT2D eigenvalue weighted by molar-refractivity contribution is 0.319. The van der Waals surface area contributed by atoms with Gasteiger partial charge in [-0.2, -0.15) is 0 Å². The van der Waals surface area contributed by atoms with Crippen molar-refractivity contribution in [3.63, 3.8) is 0 Å². The lowest BCUT2D eigenvalue weighted by atomic mass is 10.1. The first-order valence-corrected chi connectivity index (χ1v) is 3.47.